The Morgan fingerprint density at radius 1 is 1.14 bits per heavy atom. The van der Waals surface area contributed by atoms with Crippen molar-refractivity contribution in [2.24, 2.45) is 0 Å². The van der Waals surface area contributed by atoms with Gasteiger partial charge in [-0.2, -0.15) is 0 Å². The predicted molar refractivity (Wildman–Crippen MR) is 58.8 cm³/mol. The lowest BCUT2D eigenvalue weighted by Gasteiger charge is -2.10. The summed E-state index contributed by atoms with van der Waals surface area (Å²) in [5, 5.41) is 0.925. The first-order valence-corrected chi connectivity index (χ1v) is 5.15. The Hall–Kier alpha value is -0.380. The summed E-state index contributed by atoms with van der Waals surface area (Å²) in [7, 11) is 3.89. The summed E-state index contributed by atoms with van der Waals surface area (Å²) < 4.78 is 0. The highest BCUT2D eigenvalue weighted by molar-refractivity contribution is 6.34. The van der Waals surface area contributed by atoms with Crippen molar-refractivity contribution >= 4 is 23.2 Å². The lowest BCUT2D eigenvalue weighted by molar-refractivity contribution is 0.390. The monoisotopic (exact) mass is 233 g/mol. The fraction of sp³-hybridized carbons (Fsp3) is 0.556. The maximum Gasteiger partial charge on any atom is 0.145 e. The topological polar surface area (TPSA) is 29.0 Å². The van der Waals surface area contributed by atoms with Gasteiger partial charge in [-0.15, -0.1) is 0 Å². The molecule has 78 valence electrons. The summed E-state index contributed by atoms with van der Waals surface area (Å²) in [6.45, 7) is 2.62. The van der Waals surface area contributed by atoms with Gasteiger partial charge in [0.05, 0.1) is 6.54 Å². The number of hydrogen-bond donors (Lipinski definition) is 0. The van der Waals surface area contributed by atoms with Crippen molar-refractivity contribution in [3.05, 3.63) is 21.7 Å². The molecule has 0 unspecified atom stereocenters. The second-order valence-electron chi connectivity index (χ2n) is 3.29. The van der Waals surface area contributed by atoms with Crippen LogP contribution in [-0.4, -0.2) is 29.0 Å². The van der Waals surface area contributed by atoms with E-state index in [2.05, 4.69) is 9.97 Å². The van der Waals surface area contributed by atoms with Crippen molar-refractivity contribution in [3.8, 4) is 0 Å². The second kappa shape index (κ2) is 4.91. The van der Waals surface area contributed by atoms with E-state index < -0.39 is 0 Å². The van der Waals surface area contributed by atoms with E-state index in [0.29, 0.717) is 22.7 Å². The lowest BCUT2D eigenvalue weighted by atomic mass is 10.3. The van der Waals surface area contributed by atoms with E-state index in [1.165, 1.54) is 0 Å². The first kappa shape index (κ1) is 11.7. The van der Waals surface area contributed by atoms with E-state index in [1.54, 1.807) is 0 Å². The van der Waals surface area contributed by atoms with Gasteiger partial charge in [0, 0.05) is 5.56 Å². The molecule has 0 amide bonds. The van der Waals surface area contributed by atoms with Crippen molar-refractivity contribution in [1.29, 1.82) is 0 Å². The van der Waals surface area contributed by atoms with Gasteiger partial charge in [0.1, 0.15) is 16.1 Å². The molecular formula is C9H13Cl2N3. The average Bonchev–Trinajstić information content (AvgIpc) is 2.01. The highest BCUT2D eigenvalue weighted by atomic mass is 35.5. The summed E-state index contributed by atoms with van der Waals surface area (Å²) in [6, 6.07) is 0. The van der Waals surface area contributed by atoms with E-state index >= 15 is 0 Å². The standard InChI is InChI=1S/C9H13Cl2N3/c1-4-6-8(10)12-7(5-14(2)3)13-9(6)11/h4-5H2,1-3H3. The van der Waals surface area contributed by atoms with Crippen LogP contribution in [0.25, 0.3) is 0 Å². The Balaban J connectivity index is 3.01. The molecule has 14 heavy (non-hydrogen) atoms. The number of aromatic nitrogens is 2. The molecule has 0 atom stereocenters. The van der Waals surface area contributed by atoms with Gasteiger partial charge in [-0.1, -0.05) is 30.1 Å². The highest BCUT2D eigenvalue weighted by Crippen LogP contribution is 2.21. The minimum absolute atomic E-state index is 0.462. The van der Waals surface area contributed by atoms with Gasteiger partial charge in [-0.05, 0) is 20.5 Å². The van der Waals surface area contributed by atoms with Crippen LogP contribution >= 0.6 is 23.2 Å². The van der Waals surface area contributed by atoms with Gasteiger partial charge in [0.2, 0.25) is 0 Å². The Bertz CT molecular complexity index is 303. The molecule has 0 spiro atoms. The molecule has 0 bridgehead atoms. The Morgan fingerprint density at radius 2 is 1.64 bits per heavy atom. The number of hydrogen-bond acceptors (Lipinski definition) is 3. The first-order valence-electron chi connectivity index (χ1n) is 4.40. The summed E-state index contributed by atoms with van der Waals surface area (Å²) in [5.74, 6) is 0.655. The average molecular weight is 234 g/mol. The minimum atomic E-state index is 0.462. The molecule has 0 radical (unpaired) electrons. The minimum Gasteiger partial charge on any atom is -0.302 e. The molecule has 5 heteroatoms. The molecule has 0 saturated carbocycles. The van der Waals surface area contributed by atoms with Crippen LogP contribution in [0.2, 0.25) is 10.3 Å². The zero-order valence-corrected chi connectivity index (χ0v) is 10.0. The van der Waals surface area contributed by atoms with E-state index in [0.717, 1.165) is 12.0 Å². The summed E-state index contributed by atoms with van der Waals surface area (Å²) in [6.07, 6.45) is 0.750. The molecule has 0 aliphatic rings. The fourth-order valence-corrected chi connectivity index (χ4v) is 1.81. The van der Waals surface area contributed by atoms with Gasteiger partial charge < -0.3 is 4.90 Å². The third-order valence-corrected chi connectivity index (χ3v) is 2.39. The van der Waals surface area contributed by atoms with Crippen molar-refractivity contribution < 1.29 is 0 Å². The Morgan fingerprint density at radius 3 is 2.00 bits per heavy atom. The summed E-state index contributed by atoms with van der Waals surface area (Å²) >= 11 is 11.9. The number of halogens is 2. The quantitative estimate of drug-likeness (QED) is 0.752. The van der Waals surface area contributed by atoms with Crippen LogP contribution in [0.15, 0.2) is 0 Å². The van der Waals surface area contributed by atoms with Crippen molar-refractivity contribution in [1.82, 2.24) is 14.9 Å². The molecule has 1 rings (SSSR count). The maximum absolute atomic E-state index is 5.96. The summed E-state index contributed by atoms with van der Waals surface area (Å²) in [5.41, 5.74) is 0.816. The first-order chi connectivity index (χ1) is 6.54. The molecule has 0 fully saturated rings. The van der Waals surface area contributed by atoms with Crippen LogP contribution in [0, 0.1) is 0 Å². The maximum atomic E-state index is 5.96. The van der Waals surface area contributed by atoms with E-state index in [4.69, 9.17) is 23.2 Å². The predicted octanol–water partition coefficient (Wildman–Crippen LogP) is 2.41. The molecule has 0 aliphatic heterocycles. The van der Waals surface area contributed by atoms with Gasteiger partial charge >= 0.3 is 0 Å². The Labute approximate surface area is 94.1 Å². The molecular weight excluding hydrogens is 221 g/mol. The Kier molecular flexibility index (Phi) is 4.11. The normalized spacial score (nSPS) is 11.0. The molecule has 0 N–H and O–H groups in total. The molecule has 0 saturated heterocycles. The number of nitrogens with zero attached hydrogens (tertiary/aromatic N) is 3. The summed E-state index contributed by atoms with van der Waals surface area (Å²) in [4.78, 5) is 10.3. The zero-order chi connectivity index (χ0) is 10.7. The van der Waals surface area contributed by atoms with Gasteiger partial charge in [-0.25, -0.2) is 9.97 Å². The second-order valence-corrected chi connectivity index (χ2v) is 4.01. The molecule has 0 aliphatic carbocycles. The van der Waals surface area contributed by atoms with Crippen molar-refractivity contribution in [2.45, 2.75) is 19.9 Å². The van der Waals surface area contributed by atoms with Crippen LogP contribution in [-0.2, 0) is 13.0 Å². The lowest BCUT2D eigenvalue weighted by Crippen LogP contribution is -2.14. The van der Waals surface area contributed by atoms with Crippen LogP contribution in [0.5, 0.6) is 0 Å². The fourth-order valence-electron chi connectivity index (χ4n) is 1.12. The van der Waals surface area contributed by atoms with Crippen LogP contribution in [0.4, 0.5) is 0 Å². The van der Waals surface area contributed by atoms with Crippen LogP contribution in [0.3, 0.4) is 0 Å². The largest absolute Gasteiger partial charge is 0.302 e. The molecule has 1 aromatic heterocycles. The molecule has 1 aromatic rings. The van der Waals surface area contributed by atoms with Gasteiger partial charge in [-0.3, -0.25) is 0 Å². The van der Waals surface area contributed by atoms with Gasteiger partial charge in [0.15, 0.2) is 0 Å². The highest BCUT2D eigenvalue weighted by Gasteiger charge is 2.09. The van der Waals surface area contributed by atoms with Gasteiger partial charge in [0.25, 0.3) is 0 Å². The van der Waals surface area contributed by atoms with E-state index in [9.17, 15) is 0 Å². The third kappa shape index (κ3) is 2.80. The van der Waals surface area contributed by atoms with Crippen molar-refractivity contribution in [3.63, 3.8) is 0 Å². The van der Waals surface area contributed by atoms with E-state index in [-0.39, 0.29) is 0 Å². The zero-order valence-electron chi connectivity index (χ0n) is 8.51. The SMILES string of the molecule is CCc1c(Cl)nc(CN(C)C)nc1Cl. The molecule has 1 heterocycles. The molecule has 0 aromatic carbocycles. The molecule has 3 nitrogen and oxygen atoms in total. The van der Waals surface area contributed by atoms with Crippen LogP contribution in [0.1, 0.15) is 18.3 Å². The van der Waals surface area contributed by atoms with Crippen LogP contribution < -0.4 is 0 Å². The third-order valence-electron chi connectivity index (χ3n) is 1.76. The number of rotatable bonds is 3. The van der Waals surface area contributed by atoms with E-state index in [1.807, 2.05) is 25.9 Å². The van der Waals surface area contributed by atoms with Crippen molar-refractivity contribution in [2.75, 3.05) is 14.1 Å². The smallest absolute Gasteiger partial charge is 0.145 e.